The summed E-state index contributed by atoms with van der Waals surface area (Å²) in [5.41, 5.74) is -1.94. The molecule has 0 aliphatic rings. The Labute approximate surface area is 75.9 Å². The van der Waals surface area contributed by atoms with Crippen LogP contribution < -0.4 is 0 Å². The van der Waals surface area contributed by atoms with Crippen LogP contribution in [-0.4, -0.2) is 6.08 Å². The molecule has 0 aliphatic carbocycles. The van der Waals surface area contributed by atoms with E-state index in [0.717, 1.165) is 18.2 Å². The summed E-state index contributed by atoms with van der Waals surface area (Å²) in [7, 11) is 0. The van der Waals surface area contributed by atoms with Gasteiger partial charge in [0.15, 0.2) is 0 Å². The summed E-state index contributed by atoms with van der Waals surface area (Å²) in [6.07, 6.45) is -3.77. The molecule has 0 atom stereocenters. The van der Waals surface area contributed by atoms with Crippen LogP contribution in [0.15, 0.2) is 23.2 Å². The Morgan fingerprint density at radius 3 is 2.43 bits per heavy atom. The molecule has 1 aromatic rings. The van der Waals surface area contributed by atoms with Crippen LogP contribution in [0.3, 0.4) is 0 Å². The van der Waals surface area contributed by atoms with Crippen molar-refractivity contribution in [1.29, 1.82) is 0 Å². The van der Waals surface area contributed by atoms with Crippen LogP contribution in [0.2, 0.25) is 0 Å². The van der Waals surface area contributed by atoms with Crippen LogP contribution in [0.1, 0.15) is 5.56 Å². The number of rotatable bonds is 1. The summed E-state index contributed by atoms with van der Waals surface area (Å²) < 4.78 is 49.1. The van der Waals surface area contributed by atoms with E-state index in [1.807, 2.05) is 0 Å². The summed E-state index contributed by atoms with van der Waals surface area (Å²) in [4.78, 5) is 12.6. The molecule has 74 valence electrons. The van der Waals surface area contributed by atoms with E-state index in [2.05, 4.69) is 4.99 Å². The maximum Gasteiger partial charge on any atom is 0.418 e. The van der Waals surface area contributed by atoms with Crippen LogP contribution in [0.5, 0.6) is 0 Å². The highest BCUT2D eigenvalue weighted by Crippen LogP contribution is 2.36. The third-order valence-corrected chi connectivity index (χ3v) is 1.43. The van der Waals surface area contributed by atoms with Crippen LogP contribution in [0.25, 0.3) is 0 Å². The molecule has 1 rings (SSSR count). The van der Waals surface area contributed by atoms with E-state index in [-0.39, 0.29) is 6.07 Å². The number of carbonyl (C=O) groups excluding carboxylic acids is 1. The Morgan fingerprint density at radius 1 is 1.29 bits per heavy atom. The van der Waals surface area contributed by atoms with Gasteiger partial charge in [0.2, 0.25) is 6.08 Å². The van der Waals surface area contributed by atoms with Crippen LogP contribution in [0.4, 0.5) is 23.2 Å². The largest absolute Gasteiger partial charge is 0.418 e. The third kappa shape index (κ3) is 2.17. The number of halogens is 4. The second-order valence-electron chi connectivity index (χ2n) is 2.36. The lowest BCUT2D eigenvalue weighted by Crippen LogP contribution is -2.05. The highest BCUT2D eigenvalue weighted by atomic mass is 19.4. The molecule has 2 nitrogen and oxygen atoms in total. The Hall–Kier alpha value is -1.68. The van der Waals surface area contributed by atoms with E-state index < -0.39 is 23.2 Å². The molecule has 0 saturated heterocycles. The first-order valence-corrected chi connectivity index (χ1v) is 3.40. The van der Waals surface area contributed by atoms with Gasteiger partial charge in [-0.2, -0.15) is 18.2 Å². The zero-order chi connectivity index (χ0) is 10.8. The Bertz CT molecular complexity index is 393. The van der Waals surface area contributed by atoms with Crippen molar-refractivity contribution in [2.45, 2.75) is 6.18 Å². The number of alkyl halides is 3. The molecule has 0 aromatic heterocycles. The van der Waals surface area contributed by atoms with Gasteiger partial charge in [-0.3, -0.25) is 0 Å². The van der Waals surface area contributed by atoms with Crippen molar-refractivity contribution in [3.63, 3.8) is 0 Å². The van der Waals surface area contributed by atoms with Gasteiger partial charge in [-0.15, -0.1) is 0 Å². The minimum atomic E-state index is -4.74. The number of nitrogens with zero attached hydrogens (tertiary/aromatic N) is 1. The first kappa shape index (κ1) is 10.4. The quantitative estimate of drug-likeness (QED) is 0.393. The molecule has 0 unspecified atom stereocenters. The fraction of sp³-hybridized carbons (Fsp3) is 0.125. The van der Waals surface area contributed by atoms with Gasteiger partial charge < -0.3 is 0 Å². The fourth-order valence-corrected chi connectivity index (χ4v) is 0.882. The van der Waals surface area contributed by atoms with Crippen LogP contribution >= 0.6 is 0 Å². The fourth-order valence-electron chi connectivity index (χ4n) is 0.882. The molecule has 6 heteroatoms. The molecule has 0 bridgehead atoms. The number of aliphatic imine (C=N–C) groups is 1. The van der Waals surface area contributed by atoms with E-state index in [1.54, 1.807) is 0 Å². The van der Waals surface area contributed by atoms with Gasteiger partial charge in [-0.25, -0.2) is 9.18 Å². The normalized spacial score (nSPS) is 10.9. The summed E-state index contributed by atoms with van der Waals surface area (Å²) in [6, 6.07) is 1.82. The van der Waals surface area contributed by atoms with Gasteiger partial charge in [0.05, 0.1) is 11.3 Å². The minimum Gasteiger partial charge on any atom is -0.211 e. The molecule has 14 heavy (non-hydrogen) atoms. The van der Waals surface area contributed by atoms with E-state index in [9.17, 15) is 22.4 Å². The monoisotopic (exact) mass is 205 g/mol. The second kappa shape index (κ2) is 3.59. The molecule has 0 N–H and O–H groups in total. The predicted octanol–water partition coefficient (Wildman–Crippen LogP) is 2.81. The maximum absolute atomic E-state index is 12.5. The lowest BCUT2D eigenvalue weighted by atomic mass is 10.1. The van der Waals surface area contributed by atoms with E-state index >= 15 is 0 Å². The molecular weight excluding hydrogens is 202 g/mol. The van der Waals surface area contributed by atoms with Crippen LogP contribution in [-0.2, 0) is 11.0 Å². The number of isocyanates is 1. The van der Waals surface area contributed by atoms with Gasteiger partial charge in [0.25, 0.3) is 0 Å². The van der Waals surface area contributed by atoms with Crippen molar-refractivity contribution in [3.05, 3.63) is 29.6 Å². The average molecular weight is 205 g/mol. The van der Waals surface area contributed by atoms with Gasteiger partial charge in [-0.05, 0) is 18.2 Å². The third-order valence-electron chi connectivity index (χ3n) is 1.43. The van der Waals surface area contributed by atoms with Gasteiger partial charge in [0.1, 0.15) is 5.82 Å². The first-order chi connectivity index (χ1) is 6.45. The standard InChI is InChI=1S/C8H3F4NO/c9-5-1-2-7(13-4-14)6(3-5)8(10,11)12/h1-3H. The van der Waals surface area contributed by atoms with Gasteiger partial charge >= 0.3 is 6.18 Å². The number of hydrogen-bond donors (Lipinski definition) is 0. The lowest BCUT2D eigenvalue weighted by Gasteiger charge is -2.08. The highest BCUT2D eigenvalue weighted by Gasteiger charge is 2.34. The SMILES string of the molecule is O=C=Nc1ccc(F)cc1C(F)(F)F. The molecule has 0 fully saturated rings. The molecule has 0 radical (unpaired) electrons. The Balaban J connectivity index is 3.37. The first-order valence-electron chi connectivity index (χ1n) is 3.40. The zero-order valence-corrected chi connectivity index (χ0v) is 6.60. The summed E-state index contributed by atoms with van der Waals surface area (Å²) >= 11 is 0. The summed E-state index contributed by atoms with van der Waals surface area (Å²) in [6.45, 7) is 0. The number of hydrogen-bond acceptors (Lipinski definition) is 2. The number of benzene rings is 1. The van der Waals surface area contributed by atoms with Crippen molar-refractivity contribution in [1.82, 2.24) is 0 Å². The summed E-state index contributed by atoms with van der Waals surface area (Å²) in [5, 5.41) is 0. The zero-order valence-electron chi connectivity index (χ0n) is 6.60. The van der Waals surface area contributed by atoms with E-state index in [0.29, 0.717) is 0 Å². The smallest absolute Gasteiger partial charge is 0.211 e. The van der Waals surface area contributed by atoms with Gasteiger partial charge in [0, 0.05) is 0 Å². The van der Waals surface area contributed by atoms with Crippen molar-refractivity contribution >= 4 is 11.8 Å². The molecule has 1 aromatic carbocycles. The maximum atomic E-state index is 12.5. The molecule has 0 heterocycles. The molecule has 0 amide bonds. The average Bonchev–Trinajstić information content (AvgIpc) is 2.07. The van der Waals surface area contributed by atoms with E-state index in [1.165, 1.54) is 0 Å². The van der Waals surface area contributed by atoms with E-state index in [4.69, 9.17) is 0 Å². The highest BCUT2D eigenvalue weighted by molar-refractivity contribution is 5.54. The summed E-state index contributed by atoms with van der Waals surface area (Å²) in [5.74, 6) is -1.04. The second-order valence-corrected chi connectivity index (χ2v) is 2.36. The van der Waals surface area contributed by atoms with Crippen LogP contribution in [0, 0.1) is 5.82 Å². The Kier molecular flexibility index (Phi) is 2.67. The topological polar surface area (TPSA) is 29.4 Å². The lowest BCUT2D eigenvalue weighted by molar-refractivity contribution is -0.137. The molecule has 0 spiro atoms. The van der Waals surface area contributed by atoms with Crippen molar-refractivity contribution in [3.8, 4) is 0 Å². The van der Waals surface area contributed by atoms with Crippen molar-refractivity contribution < 1.29 is 22.4 Å². The minimum absolute atomic E-state index is 0.274. The van der Waals surface area contributed by atoms with Crippen molar-refractivity contribution in [2.75, 3.05) is 0 Å². The van der Waals surface area contributed by atoms with Crippen molar-refractivity contribution in [2.24, 2.45) is 4.99 Å². The van der Waals surface area contributed by atoms with Gasteiger partial charge in [-0.1, -0.05) is 0 Å². The molecular formula is C8H3F4NO. The molecule has 0 aliphatic heterocycles. The Morgan fingerprint density at radius 2 is 1.93 bits per heavy atom. The predicted molar refractivity (Wildman–Crippen MR) is 39.2 cm³/mol. The molecule has 0 saturated carbocycles.